The fourth-order valence-corrected chi connectivity index (χ4v) is 3.39. The number of ether oxygens (including phenoxy) is 1. The summed E-state index contributed by atoms with van der Waals surface area (Å²) in [7, 11) is 0. The summed E-state index contributed by atoms with van der Waals surface area (Å²) in [6.45, 7) is 9.22. The van der Waals surface area contributed by atoms with E-state index in [1.165, 1.54) is 0 Å². The monoisotopic (exact) mass is 393 g/mol. The van der Waals surface area contributed by atoms with Gasteiger partial charge in [0.1, 0.15) is 11.5 Å². The molecule has 2 N–H and O–H groups in total. The van der Waals surface area contributed by atoms with E-state index in [-0.39, 0.29) is 23.9 Å². The maximum Gasteiger partial charge on any atom is 0.409 e. The minimum atomic E-state index is -0.290. The molecule has 0 spiro atoms. The van der Waals surface area contributed by atoms with Crippen LogP contribution in [0.4, 0.5) is 4.79 Å². The topological polar surface area (TPSA) is 101 Å². The number of furan rings is 1. The molecule has 1 fully saturated rings. The van der Waals surface area contributed by atoms with Crippen molar-refractivity contribution < 1.29 is 23.5 Å². The third kappa shape index (κ3) is 5.74. The second-order valence-corrected chi connectivity index (χ2v) is 7.10. The first kappa shape index (κ1) is 21.8. The zero-order valence-electron chi connectivity index (χ0n) is 17.2. The van der Waals surface area contributed by atoms with E-state index in [1.54, 1.807) is 18.7 Å². The average molecular weight is 393 g/mol. The first-order valence-corrected chi connectivity index (χ1v) is 9.89. The third-order valence-electron chi connectivity index (χ3n) is 5.04. The Morgan fingerprint density at radius 2 is 1.82 bits per heavy atom. The van der Waals surface area contributed by atoms with E-state index >= 15 is 0 Å². The van der Waals surface area contributed by atoms with Gasteiger partial charge in [0.15, 0.2) is 0 Å². The predicted molar refractivity (Wildman–Crippen MR) is 104 cm³/mol. The zero-order valence-corrected chi connectivity index (χ0v) is 17.2. The van der Waals surface area contributed by atoms with Gasteiger partial charge in [-0.1, -0.05) is 0 Å². The number of carbonyl (C=O) groups excluding carboxylic acids is 3. The first-order chi connectivity index (χ1) is 13.3. The van der Waals surface area contributed by atoms with E-state index in [4.69, 9.17) is 9.15 Å². The molecule has 8 heteroatoms. The molecule has 0 aromatic carbocycles. The maximum atomic E-state index is 12.3. The normalized spacial score (nSPS) is 14.6. The Bertz CT molecular complexity index is 705. The lowest BCUT2D eigenvalue weighted by molar-refractivity contribution is -0.122. The van der Waals surface area contributed by atoms with Gasteiger partial charge in [-0.15, -0.1) is 0 Å². The summed E-state index contributed by atoms with van der Waals surface area (Å²) in [5.41, 5.74) is 1.43. The largest absolute Gasteiger partial charge is 0.466 e. The van der Waals surface area contributed by atoms with Crippen molar-refractivity contribution >= 4 is 17.9 Å². The molecule has 1 saturated heterocycles. The van der Waals surface area contributed by atoms with Crippen LogP contribution in [0.3, 0.4) is 0 Å². The minimum absolute atomic E-state index is 0.0321. The Labute approximate surface area is 166 Å². The minimum Gasteiger partial charge on any atom is -0.466 e. The molecule has 1 aromatic rings. The molecule has 0 aliphatic carbocycles. The molecule has 2 rings (SSSR count). The molecule has 1 aliphatic rings. The Morgan fingerprint density at radius 3 is 2.39 bits per heavy atom. The third-order valence-corrected chi connectivity index (χ3v) is 5.04. The number of hydrogen-bond donors (Lipinski definition) is 2. The fourth-order valence-electron chi connectivity index (χ4n) is 3.39. The number of hydrogen-bond acceptors (Lipinski definition) is 5. The molecule has 156 valence electrons. The van der Waals surface area contributed by atoms with Crippen molar-refractivity contribution in [3.05, 3.63) is 22.6 Å². The van der Waals surface area contributed by atoms with Crippen molar-refractivity contribution in [2.75, 3.05) is 26.2 Å². The van der Waals surface area contributed by atoms with Gasteiger partial charge in [-0.05, 0) is 47.0 Å². The number of carbonyl (C=O) groups is 3. The number of likely N-dealkylation sites (tertiary alicyclic amines) is 1. The van der Waals surface area contributed by atoms with Crippen LogP contribution in [0.1, 0.15) is 60.0 Å². The van der Waals surface area contributed by atoms with Crippen molar-refractivity contribution in [1.29, 1.82) is 0 Å². The Kier molecular flexibility index (Phi) is 7.90. The molecule has 3 amide bonds. The lowest BCUT2D eigenvalue weighted by Gasteiger charge is -2.31. The van der Waals surface area contributed by atoms with Crippen molar-refractivity contribution in [3.63, 3.8) is 0 Å². The lowest BCUT2D eigenvalue weighted by Crippen LogP contribution is -2.46. The fraction of sp³-hybridized carbons (Fsp3) is 0.650. The molecule has 0 atom stereocenters. The predicted octanol–water partition coefficient (Wildman–Crippen LogP) is 2.45. The first-order valence-electron chi connectivity index (χ1n) is 9.89. The van der Waals surface area contributed by atoms with Crippen molar-refractivity contribution in [2.24, 2.45) is 0 Å². The van der Waals surface area contributed by atoms with Crippen LogP contribution in [-0.2, 0) is 9.53 Å². The van der Waals surface area contributed by atoms with Crippen LogP contribution >= 0.6 is 0 Å². The van der Waals surface area contributed by atoms with E-state index in [0.717, 1.165) is 24.2 Å². The molecule has 2 heterocycles. The molecule has 0 unspecified atom stereocenters. The van der Waals surface area contributed by atoms with Crippen LogP contribution in [-0.4, -0.2) is 55.1 Å². The summed E-state index contributed by atoms with van der Waals surface area (Å²) in [5.74, 6) is 1.16. The zero-order chi connectivity index (χ0) is 20.7. The van der Waals surface area contributed by atoms with Crippen molar-refractivity contribution in [1.82, 2.24) is 15.5 Å². The van der Waals surface area contributed by atoms with Gasteiger partial charge in [-0.25, -0.2) is 4.79 Å². The Morgan fingerprint density at radius 1 is 1.14 bits per heavy atom. The molecule has 8 nitrogen and oxygen atoms in total. The van der Waals surface area contributed by atoms with Gasteiger partial charge in [0.25, 0.3) is 5.91 Å². The summed E-state index contributed by atoms with van der Waals surface area (Å²) in [6, 6.07) is 0.0759. The number of nitrogens with zero attached hydrogens (tertiary/aromatic N) is 1. The van der Waals surface area contributed by atoms with Crippen LogP contribution in [0.5, 0.6) is 0 Å². The quantitative estimate of drug-likeness (QED) is 0.693. The van der Waals surface area contributed by atoms with E-state index < -0.39 is 0 Å². The number of rotatable bonds is 7. The highest BCUT2D eigenvalue weighted by molar-refractivity contribution is 5.96. The standard InChI is InChI=1S/C20H31N3O5/c1-5-27-20(26)23-11-8-16(9-12-23)22-17(24)7-6-10-21-19(25)18-13(2)14(3)28-15(18)4/h16H,5-12H2,1-4H3,(H,21,25)(H,22,24). The van der Waals surface area contributed by atoms with Gasteiger partial charge >= 0.3 is 6.09 Å². The van der Waals surface area contributed by atoms with Crippen LogP contribution in [0.25, 0.3) is 0 Å². The second-order valence-electron chi connectivity index (χ2n) is 7.10. The van der Waals surface area contributed by atoms with Gasteiger partial charge < -0.3 is 24.7 Å². The summed E-state index contributed by atoms with van der Waals surface area (Å²) in [5, 5.41) is 5.85. The highest BCUT2D eigenvalue weighted by Gasteiger charge is 2.24. The number of nitrogens with one attached hydrogen (secondary N) is 2. The smallest absolute Gasteiger partial charge is 0.409 e. The molecule has 0 radical (unpaired) electrons. The van der Waals surface area contributed by atoms with E-state index in [0.29, 0.717) is 50.4 Å². The summed E-state index contributed by atoms with van der Waals surface area (Å²) >= 11 is 0. The average Bonchev–Trinajstić information content (AvgIpc) is 2.91. The van der Waals surface area contributed by atoms with Crippen molar-refractivity contribution in [2.45, 2.75) is 59.4 Å². The molecule has 0 bridgehead atoms. The van der Waals surface area contributed by atoms with Crippen LogP contribution in [0.15, 0.2) is 4.42 Å². The Hall–Kier alpha value is -2.51. The van der Waals surface area contributed by atoms with Crippen LogP contribution < -0.4 is 10.6 Å². The Balaban J connectivity index is 1.64. The summed E-state index contributed by atoms with van der Waals surface area (Å²) < 4.78 is 10.5. The number of amides is 3. The molecule has 28 heavy (non-hydrogen) atoms. The molecule has 1 aliphatic heterocycles. The molecule has 1 aromatic heterocycles. The number of piperidine rings is 1. The number of aryl methyl sites for hydroxylation is 2. The highest BCUT2D eigenvalue weighted by atomic mass is 16.6. The van der Waals surface area contributed by atoms with Gasteiger partial charge in [-0.2, -0.15) is 0 Å². The molecular formula is C20H31N3O5. The van der Waals surface area contributed by atoms with Crippen LogP contribution in [0.2, 0.25) is 0 Å². The van der Waals surface area contributed by atoms with E-state index in [1.807, 2.05) is 13.8 Å². The van der Waals surface area contributed by atoms with E-state index in [2.05, 4.69) is 10.6 Å². The van der Waals surface area contributed by atoms with E-state index in [9.17, 15) is 14.4 Å². The summed E-state index contributed by atoms with van der Waals surface area (Å²) in [6.07, 6.45) is 2.06. The molecular weight excluding hydrogens is 362 g/mol. The lowest BCUT2D eigenvalue weighted by atomic mass is 10.1. The SMILES string of the molecule is CCOC(=O)N1CCC(NC(=O)CCCNC(=O)c2c(C)oc(C)c2C)CC1. The maximum absolute atomic E-state index is 12.3. The van der Waals surface area contributed by atoms with Gasteiger partial charge in [0.05, 0.1) is 12.2 Å². The van der Waals surface area contributed by atoms with Crippen LogP contribution in [0, 0.1) is 20.8 Å². The van der Waals surface area contributed by atoms with Gasteiger partial charge in [-0.3, -0.25) is 9.59 Å². The second kappa shape index (κ2) is 10.1. The highest BCUT2D eigenvalue weighted by Crippen LogP contribution is 2.20. The van der Waals surface area contributed by atoms with Gasteiger partial charge in [0.2, 0.25) is 5.91 Å². The molecule has 0 saturated carbocycles. The van der Waals surface area contributed by atoms with Crippen molar-refractivity contribution in [3.8, 4) is 0 Å². The van der Waals surface area contributed by atoms with Gasteiger partial charge in [0, 0.05) is 37.7 Å². The summed E-state index contributed by atoms with van der Waals surface area (Å²) in [4.78, 5) is 37.7.